The third kappa shape index (κ3) is 3.40. The second kappa shape index (κ2) is 6.10. The van der Waals surface area contributed by atoms with Crippen molar-refractivity contribution in [2.24, 2.45) is 0 Å². The predicted octanol–water partition coefficient (Wildman–Crippen LogP) is 3.94. The summed E-state index contributed by atoms with van der Waals surface area (Å²) in [6.07, 6.45) is 0. The number of benzene rings is 1. The average molecular weight is 358 g/mol. The fourth-order valence-corrected chi connectivity index (χ4v) is 2.98. The molecule has 2 aromatic rings. The Labute approximate surface area is 126 Å². The number of halogens is 1. The van der Waals surface area contributed by atoms with E-state index in [1.807, 2.05) is 0 Å². The molecule has 0 spiro atoms. The number of nitrogens with zero attached hydrogens (tertiary/aromatic N) is 1. The van der Waals surface area contributed by atoms with E-state index in [1.165, 1.54) is 30.0 Å². The molecular formula is C12H8BrNO5S. The molecule has 0 amide bonds. The smallest absolute Gasteiger partial charge is 0.371 e. The van der Waals surface area contributed by atoms with Crippen LogP contribution in [0.1, 0.15) is 16.1 Å². The molecule has 0 atom stereocenters. The molecule has 1 N–H and O–H groups in total. The number of nitro groups is 1. The Bertz CT molecular complexity index is 670. The van der Waals surface area contributed by atoms with Crippen molar-refractivity contribution in [3.63, 3.8) is 0 Å². The van der Waals surface area contributed by atoms with Gasteiger partial charge in [-0.15, -0.1) is 0 Å². The van der Waals surface area contributed by atoms with Crippen LogP contribution in [-0.2, 0) is 5.75 Å². The van der Waals surface area contributed by atoms with Gasteiger partial charge in [0.05, 0.1) is 4.92 Å². The maximum atomic E-state index is 10.7. The van der Waals surface area contributed by atoms with E-state index in [-0.39, 0.29) is 11.4 Å². The van der Waals surface area contributed by atoms with Crippen LogP contribution in [0.4, 0.5) is 5.69 Å². The first-order valence-electron chi connectivity index (χ1n) is 5.36. The molecule has 0 saturated carbocycles. The van der Waals surface area contributed by atoms with Crippen molar-refractivity contribution in [2.45, 2.75) is 10.8 Å². The van der Waals surface area contributed by atoms with E-state index in [9.17, 15) is 14.9 Å². The van der Waals surface area contributed by atoms with Gasteiger partial charge in [-0.25, -0.2) is 4.79 Å². The number of hydrogen-bond donors (Lipinski definition) is 1. The number of hydrogen-bond acceptors (Lipinski definition) is 5. The lowest BCUT2D eigenvalue weighted by Crippen LogP contribution is -1.91. The lowest BCUT2D eigenvalue weighted by Gasteiger charge is -2.02. The maximum absolute atomic E-state index is 10.7. The second-order valence-corrected chi connectivity index (χ2v) is 5.58. The summed E-state index contributed by atoms with van der Waals surface area (Å²) in [5.74, 6) is -0.728. The quantitative estimate of drug-likeness (QED) is 0.494. The first-order valence-corrected chi connectivity index (χ1v) is 7.14. The van der Waals surface area contributed by atoms with Crippen molar-refractivity contribution in [1.29, 1.82) is 0 Å². The number of carboxylic acids is 1. The van der Waals surface area contributed by atoms with Crippen molar-refractivity contribution < 1.29 is 19.2 Å². The van der Waals surface area contributed by atoms with Gasteiger partial charge in [0.2, 0.25) is 5.76 Å². The molecule has 0 bridgehead atoms. The predicted molar refractivity (Wildman–Crippen MR) is 76.0 cm³/mol. The molecule has 0 saturated heterocycles. The van der Waals surface area contributed by atoms with Crippen molar-refractivity contribution in [3.8, 4) is 0 Å². The van der Waals surface area contributed by atoms with Gasteiger partial charge in [-0.3, -0.25) is 10.1 Å². The number of carbonyl (C=O) groups is 1. The molecule has 2 rings (SSSR count). The molecule has 0 aliphatic carbocycles. The van der Waals surface area contributed by atoms with Crippen LogP contribution in [0.3, 0.4) is 0 Å². The zero-order valence-electron chi connectivity index (χ0n) is 9.91. The Hall–Kier alpha value is -1.80. The topological polar surface area (TPSA) is 93.6 Å². The number of rotatable bonds is 5. The number of furan rings is 1. The molecule has 0 radical (unpaired) electrons. The monoisotopic (exact) mass is 357 g/mol. The van der Waals surface area contributed by atoms with E-state index in [2.05, 4.69) is 15.9 Å². The van der Waals surface area contributed by atoms with Gasteiger partial charge in [-0.1, -0.05) is 33.8 Å². The highest BCUT2D eigenvalue weighted by molar-refractivity contribution is 9.10. The van der Waals surface area contributed by atoms with Crippen molar-refractivity contribution in [3.05, 3.63) is 56.2 Å². The summed E-state index contributed by atoms with van der Waals surface area (Å²) < 4.78 is 5.74. The summed E-state index contributed by atoms with van der Waals surface area (Å²) in [6, 6.07) is 7.46. The third-order valence-corrected chi connectivity index (χ3v) is 4.11. The summed E-state index contributed by atoms with van der Waals surface area (Å²) in [4.78, 5) is 20.8. The highest BCUT2D eigenvalue weighted by atomic mass is 79.9. The lowest BCUT2D eigenvalue weighted by atomic mass is 10.2. The summed E-state index contributed by atoms with van der Waals surface area (Å²) in [5.41, 5.74) is 0.866. The lowest BCUT2D eigenvalue weighted by molar-refractivity contribution is -0.384. The standard InChI is InChI=1S/C12H8BrNO5S/c13-9-5-8(14(17)18)2-1-7(9)6-20-11-4-3-10(19-11)12(15)16/h1-5H,6H2,(H,15,16). The second-order valence-electron chi connectivity index (χ2n) is 3.75. The van der Waals surface area contributed by atoms with E-state index in [0.717, 1.165) is 5.56 Å². The van der Waals surface area contributed by atoms with E-state index in [4.69, 9.17) is 9.52 Å². The minimum atomic E-state index is -1.12. The van der Waals surface area contributed by atoms with Crippen LogP contribution < -0.4 is 0 Å². The number of aromatic carboxylic acids is 1. The minimum absolute atomic E-state index is 0.0109. The Kier molecular flexibility index (Phi) is 4.46. The third-order valence-electron chi connectivity index (χ3n) is 2.41. The summed E-state index contributed by atoms with van der Waals surface area (Å²) in [5, 5.41) is 19.8. The van der Waals surface area contributed by atoms with Gasteiger partial charge in [0, 0.05) is 22.4 Å². The van der Waals surface area contributed by atoms with E-state index in [1.54, 1.807) is 12.1 Å². The van der Waals surface area contributed by atoms with Gasteiger partial charge in [-0.2, -0.15) is 0 Å². The van der Waals surface area contributed by atoms with Crippen molar-refractivity contribution in [2.75, 3.05) is 0 Å². The molecule has 104 valence electrons. The Balaban J connectivity index is 2.06. The molecule has 0 fully saturated rings. The molecule has 1 aromatic carbocycles. The van der Waals surface area contributed by atoms with Crippen LogP contribution in [0.5, 0.6) is 0 Å². The average Bonchev–Trinajstić information content (AvgIpc) is 2.86. The van der Waals surface area contributed by atoms with Gasteiger partial charge >= 0.3 is 5.97 Å². The summed E-state index contributed by atoms with van der Waals surface area (Å²) in [7, 11) is 0. The SMILES string of the molecule is O=C(O)c1ccc(SCc2ccc([N+](=O)[O-])cc2Br)o1. The normalized spacial score (nSPS) is 10.4. The highest BCUT2D eigenvalue weighted by Gasteiger charge is 2.12. The largest absolute Gasteiger partial charge is 0.475 e. The molecule has 1 heterocycles. The van der Waals surface area contributed by atoms with Crippen LogP contribution >= 0.6 is 27.7 Å². The molecular weight excluding hydrogens is 350 g/mol. The van der Waals surface area contributed by atoms with E-state index < -0.39 is 10.9 Å². The zero-order valence-corrected chi connectivity index (χ0v) is 12.3. The number of thioether (sulfide) groups is 1. The molecule has 6 nitrogen and oxygen atoms in total. The Morgan fingerprint density at radius 1 is 1.40 bits per heavy atom. The van der Waals surface area contributed by atoms with E-state index >= 15 is 0 Å². The maximum Gasteiger partial charge on any atom is 0.371 e. The van der Waals surface area contributed by atoms with Crippen LogP contribution in [0.2, 0.25) is 0 Å². The van der Waals surface area contributed by atoms with Crippen molar-refractivity contribution >= 4 is 39.3 Å². The summed E-state index contributed by atoms with van der Waals surface area (Å²) >= 11 is 4.59. The zero-order chi connectivity index (χ0) is 14.7. The van der Waals surface area contributed by atoms with Gasteiger partial charge in [0.1, 0.15) is 0 Å². The van der Waals surface area contributed by atoms with Gasteiger partial charge in [0.15, 0.2) is 5.09 Å². The van der Waals surface area contributed by atoms with Crippen LogP contribution in [0.25, 0.3) is 0 Å². The number of nitro benzene ring substituents is 1. The van der Waals surface area contributed by atoms with Crippen LogP contribution in [0.15, 0.2) is 44.3 Å². The first-order chi connectivity index (χ1) is 9.47. The first kappa shape index (κ1) is 14.6. The van der Waals surface area contributed by atoms with Crippen molar-refractivity contribution in [1.82, 2.24) is 0 Å². The molecule has 1 aromatic heterocycles. The Morgan fingerprint density at radius 3 is 2.70 bits per heavy atom. The van der Waals surface area contributed by atoms with Gasteiger partial charge < -0.3 is 9.52 Å². The van der Waals surface area contributed by atoms with Gasteiger partial charge in [0.25, 0.3) is 5.69 Å². The number of carboxylic acid groups (broad SMARTS) is 1. The fourth-order valence-electron chi connectivity index (χ4n) is 1.43. The highest BCUT2D eigenvalue weighted by Crippen LogP contribution is 2.30. The minimum Gasteiger partial charge on any atom is -0.475 e. The fraction of sp³-hybridized carbons (Fsp3) is 0.0833. The molecule has 0 unspecified atom stereocenters. The van der Waals surface area contributed by atoms with E-state index in [0.29, 0.717) is 15.3 Å². The summed E-state index contributed by atoms with van der Waals surface area (Å²) in [6.45, 7) is 0. The Morgan fingerprint density at radius 2 is 2.15 bits per heavy atom. The van der Waals surface area contributed by atoms with Gasteiger partial charge in [-0.05, 0) is 17.7 Å². The molecule has 0 aliphatic heterocycles. The molecule has 8 heteroatoms. The van der Waals surface area contributed by atoms with Crippen LogP contribution in [-0.4, -0.2) is 16.0 Å². The number of non-ortho nitro benzene ring substituents is 1. The molecule has 20 heavy (non-hydrogen) atoms. The van der Waals surface area contributed by atoms with Crippen LogP contribution in [0, 0.1) is 10.1 Å². The molecule has 0 aliphatic rings.